The van der Waals surface area contributed by atoms with Crippen molar-refractivity contribution in [3.8, 4) is 11.5 Å². The van der Waals surface area contributed by atoms with E-state index in [1.165, 1.54) is 6.26 Å². The van der Waals surface area contributed by atoms with Crippen LogP contribution in [0.4, 0.5) is 0 Å². The molecule has 0 aliphatic carbocycles. The second-order valence-corrected chi connectivity index (χ2v) is 7.57. The Morgan fingerprint density at radius 1 is 1.29 bits per heavy atom. The van der Waals surface area contributed by atoms with Crippen LogP contribution in [0.5, 0.6) is 11.5 Å². The Balaban J connectivity index is 1.95. The Bertz CT molecular complexity index is 587. The molecular formula is C14H21NO5S. The summed E-state index contributed by atoms with van der Waals surface area (Å²) in [4.78, 5) is 1.79. The molecule has 1 atom stereocenters. The molecule has 0 spiro atoms. The molecule has 0 saturated heterocycles. The number of benzene rings is 1. The van der Waals surface area contributed by atoms with Crippen molar-refractivity contribution >= 4 is 9.84 Å². The van der Waals surface area contributed by atoms with Crippen LogP contribution in [0.3, 0.4) is 0 Å². The maximum Gasteiger partial charge on any atom is 0.161 e. The van der Waals surface area contributed by atoms with E-state index in [1.807, 2.05) is 0 Å². The molecule has 0 amide bonds. The smallest absolute Gasteiger partial charge is 0.161 e. The van der Waals surface area contributed by atoms with E-state index in [4.69, 9.17) is 9.47 Å². The van der Waals surface area contributed by atoms with Crippen LogP contribution in [-0.2, 0) is 9.84 Å². The maximum atomic E-state index is 11.1. The third kappa shape index (κ3) is 4.87. The molecule has 0 fully saturated rings. The lowest BCUT2D eigenvalue weighted by Gasteiger charge is -2.23. The molecule has 1 heterocycles. The Labute approximate surface area is 125 Å². The molecule has 0 radical (unpaired) electrons. The molecule has 2 rings (SSSR count). The molecule has 1 N–H and O–H groups in total. The fourth-order valence-corrected chi connectivity index (χ4v) is 2.72. The summed E-state index contributed by atoms with van der Waals surface area (Å²) < 4.78 is 33.2. The van der Waals surface area contributed by atoms with Crippen molar-refractivity contribution in [2.24, 2.45) is 0 Å². The van der Waals surface area contributed by atoms with Crippen LogP contribution >= 0.6 is 0 Å². The quantitative estimate of drug-likeness (QED) is 0.822. The lowest BCUT2D eigenvalue weighted by atomic mass is 10.1. The van der Waals surface area contributed by atoms with E-state index in [9.17, 15) is 13.5 Å². The molecule has 1 aliphatic rings. The van der Waals surface area contributed by atoms with Gasteiger partial charge in [0.2, 0.25) is 0 Å². The molecule has 21 heavy (non-hydrogen) atoms. The van der Waals surface area contributed by atoms with Crippen LogP contribution in [-0.4, -0.2) is 63.8 Å². The summed E-state index contributed by atoms with van der Waals surface area (Å²) in [5, 5.41) is 10.2. The summed E-state index contributed by atoms with van der Waals surface area (Å²) in [6.07, 6.45) is 0.503. The van der Waals surface area contributed by atoms with Gasteiger partial charge < -0.3 is 19.5 Å². The van der Waals surface area contributed by atoms with Crippen molar-refractivity contribution in [3.63, 3.8) is 0 Å². The Morgan fingerprint density at radius 3 is 2.62 bits per heavy atom. The van der Waals surface area contributed by atoms with Gasteiger partial charge in [-0.1, -0.05) is 6.07 Å². The molecule has 0 saturated carbocycles. The first-order chi connectivity index (χ1) is 9.85. The number of nitrogens with zero attached hydrogens (tertiary/aromatic N) is 1. The summed E-state index contributed by atoms with van der Waals surface area (Å²) in [6, 6.07) is 5.34. The van der Waals surface area contributed by atoms with Crippen molar-refractivity contribution in [1.29, 1.82) is 0 Å². The third-order valence-corrected chi connectivity index (χ3v) is 4.20. The lowest BCUT2D eigenvalue weighted by molar-refractivity contribution is 0.128. The van der Waals surface area contributed by atoms with Gasteiger partial charge in [0.05, 0.1) is 11.9 Å². The van der Waals surface area contributed by atoms with Gasteiger partial charge in [0, 0.05) is 19.3 Å². The number of hydrogen-bond acceptors (Lipinski definition) is 6. The highest BCUT2D eigenvalue weighted by atomic mass is 32.2. The van der Waals surface area contributed by atoms with E-state index in [0.29, 0.717) is 37.8 Å². The van der Waals surface area contributed by atoms with Crippen LogP contribution in [0.1, 0.15) is 11.7 Å². The van der Waals surface area contributed by atoms with E-state index < -0.39 is 15.9 Å². The van der Waals surface area contributed by atoms with Gasteiger partial charge in [-0.3, -0.25) is 0 Å². The van der Waals surface area contributed by atoms with E-state index in [-0.39, 0.29) is 5.75 Å². The second kappa shape index (κ2) is 6.64. The SMILES string of the molecule is CN(CCS(C)(=O)=O)CC(O)c1ccc2c(c1)OCCO2. The highest BCUT2D eigenvalue weighted by molar-refractivity contribution is 7.90. The van der Waals surface area contributed by atoms with E-state index in [1.54, 1.807) is 30.1 Å². The van der Waals surface area contributed by atoms with Crippen LogP contribution in [0.15, 0.2) is 18.2 Å². The number of sulfone groups is 1. The van der Waals surface area contributed by atoms with Gasteiger partial charge in [-0.15, -0.1) is 0 Å². The number of ether oxygens (including phenoxy) is 2. The normalized spacial score (nSPS) is 16.0. The minimum Gasteiger partial charge on any atom is -0.486 e. The fraction of sp³-hybridized carbons (Fsp3) is 0.571. The fourth-order valence-electron chi connectivity index (χ4n) is 2.08. The average Bonchev–Trinajstić information content (AvgIpc) is 2.44. The molecular weight excluding hydrogens is 294 g/mol. The number of fused-ring (bicyclic) bond motifs is 1. The van der Waals surface area contributed by atoms with Gasteiger partial charge in [0.15, 0.2) is 11.5 Å². The first kappa shape index (κ1) is 16.1. The molecule has 0 aromatic heterocycles. The molecule has 0 bridgehead atoms. The lowest BCUT2D eigenvalue weighted by Crippen LogP contribution is -2.29. The molecule has 1 aromatic rings. The van der Waals surface area contributed by atoms with Crippen molar-refractivity contribution in [2.45, 2.75) is 6.10 Å². The first-order valence-corrected chi connectivity index (χ1v) is 8.85. The number of aliphatic hydroxyl groups excluding tert-OH is 1. The highest BCUT2D eigenvalue weighted by Gasteiger charge is 2.17. The Morgan fingerprint density at radius 2 is 1.95 bits per heavy atom. The summed E-state index contributed by atoms with van der Waals surface area (Å²) in [7, 11) is -1.21. The summed E-state index contributed by atoms with van der Waals surface area (Å²) in [5.41, 5.74) is 0.727. The summed E-state index contributed by atoms with van der Waals surface area (Å²) in [6.45, 7) is 1.78. The largest absolute Gasteiger partial charge is 0.486 e. The average molecular weight is 315 g/mol. The van der Waals surface area contributed by atoms with E-state index >= 15 is 0 Å². The molecule has 1 aromatic carbocycles. The minimum absolute atomic E-state index is 0.0807. The van der Waals surface area contributed by atoms with Crippen LogP contribution in [0.25, 0.3) is 0 Å². The molecule has 7 heteroatoms. The number of hydrogen-bond donors (Lipinski definition) is 1. The predicted octanol–water partition coefficient (Wildman–Crippen LogP) is 0.468. The van der Waals surface area contributed by atoms with Gasteiger partial charge in [0.1, 0.15) is 23.1 Å². The zero-order chi connectivity index (χ0) is 15.5. The monoisotopic (exact) mass is 315 g/mol. The highest BCUT2D eigenvalue weighted by Crippen LogP contribution is 2.32. The van der Waals surface area contributed by atoms with Gasteiger partial charge in [-0.05, 0) is 24.7 Å². The van der Waals surface area contributed by atoms with Gasteiger partial charge in [-0.25, -0.2) is 8.42 Å². The number of likely N-dealkylation sites (N-methyl/N-ethyl adjacent to an activating group) is 1. The van der Waals surface area contributed by atoms with E-state index in [2.05, 4.69) is 0 Å². The first-order valence-electron chi connectivity index (χ1n) is 6.79. The van der Waals surface area contributed by atoms with Crippen molar-refractivity contribution < 1.29 is 23.0 Å². The molecule has 118 valence electrons. The van der Waals surface area contributed by atoms with Gasteiger partial charge >= 0.3 is 0 Å². The second-order valence-electron chi connectivity index (χ2n) is 5.31. The molecule has 1 aliphatic heterocycles. The third-order valence-electron chi connectivity index (χ3n) is 3.28. The van der Waals surface area contributed by atoms with Crippen LogP contribution in [0.2, 0.25) is 0 Å². The van der Waals surface area contributed by atoms with Crippen LogP contribution in [0, 0.1) is 0 Å². The van der Waals surface area contributed by atoms with Gasteiger partial charge in [0.25, 0.3) is 0 Å². The summed E-state index contributed by atoms with van der Waals surface area (Å²) in [5.74, 6) is 1.40. The molecule has 6 nitrogen and oxygen atoms in total. The topological polar surface area (TPSA) is 76.1 Å². The molecule has 1 unspecified atom stereocenters. The summed E-state index contributed by atoms with van der Waals surface area (Å²) >= 11 is 0. The van der Waals surface area contributed by atoms with Crippen molar-refractivity contribution in [3.05, 3.63) is 23.8 Å². The van der Waals surface area contributed by atoms with Gasteiger partial charge in [-0.2, -0.15) is 0 Å². The number of aliphatic hydroxyl groups is 1. The van der Waals surface area contributed by atoms with Crippen molar-refractivity contribution in [1.82, 2.24) is 4.90 Å². The zero-order valence-corrected chi connectivity index (χ0v) is 13.1. The standard InChI is InChI=1S/C14H21NO5S/c1-15(5-8-21(2,17)18)10-12(16)11-3-4-13-14(9-11)20-7-6-19-13/h3-4,9,12,16H,5-8,10H2,1-2H3. The minimum atomic E-state index is -2.99. The maximum absolute atomic E-state index is 11.1. The Hall–Kier alpha value is -1.31. The van der Waals surface area contributed by atoms with E-state index in [0.717, 1.165) is 5.56 Å². The predicted molar refractivity (Wildman–Crippen MR) is 79.6 cm³/mol. The van der Waals surface area contributed by atoms with Crippen molar-refractivity contribution in [2.75, 3.05) is 45.4 Å². The Kier molecular flexibility index (Phi) is 5.08. The van der Waals surface area contributed by atoms with Crippen LogP contribution < -0.4 is 9.47 Å². The zero-order valence-electron chi connectivity index (χ0n) is 12.3. The number of rotatable bonds is 6.